The van der Waals surface area contributed by atoms with Crippen LogP contribution in [0, 0.1) is 0 Å². The van der Waals surface area contributed by atoms with Crippen LogP contribution in [0.2, 0.25) is 0 Å². The zero-order chi connectivity index (χ0) is 16.6. The van der Waals surface area contributed by atoms with E-state index >= 15 is 0 Å². The maximum absolute atomic E-state index is 12.4. The number of hydrogen-bond donors (Lipinski definition) is 0. The first-order valence-electron chi connectivity index (χ1n) is 7.55. The van der Waals surface area contributed by atoms with E-state index in [1.54, 1.807) is 23.4 Å². The van der Waals surface area contributed by atoms with E-state index in [0.717, 1.165) is 6.42 Å². The van der Waals surface area contributed by atoms with Crippen LogP contribution in [0.1, 0.15) is 26.0 Å². The molecule has 2 amide bonds. The lowest BCUT2D eigenvalue weighted by Gasteiger charge is -2.38. The first-order valence-corrected chi connectivity index (χ1v) is 8.43. The summed E-state index contributed by atoms with van der Waals surface area (Å²) in [6.45, 7) is 4.55. The van der Waals surface area contributed by atoms with Gasteiger partial charge in [-0.25, -0.2) is 4.98 Å². The lowest BCUT2D eigenvalue weighted by molar-refractivity contribution is -0.155. The Bertz CT molecular complexity index is 812. The fraction of sp³-hybridized carbons (Fsp3) is 0.467. The topological polar surface area (TPSA) is 75.0 Å². The van der Waals surface area contributed by atoms with Crippen LogP contribution < -0.4 is 5.56 Å². The Kier molecular flexibility index (Phi) is 4.16. The number of thiazole rings is 1. The number of aromatic nitrogens is 2. The van der Waals surface area contributed by atoms with Gasteiger partial charge in [0.15, 0.2) is 4.96 Å². The van der Waals surface area contributed by atoms with E-state index in [1.807, 2.05) is 6.92 Å². The molecule has 0 unspecified atom stereocenters. The third kappa shape index (κ3) is 2.86. The van der Waals surface area contributed by atoms with Crippen molar-refractivity contribution in [2.75, 3.05) is 13.1 Å². The van der Waals surface area contributed by atoms with Gasteiger partial charge in [-0.05, 0) is 13.3 Å². The minimum atomic E-state index is -0.536. The number of fused-ring (bicyclic) bond motifs is 1. The van der Waals surface area contributed by atoms with Gasteiger partial charge in [0.05, 0.1) is 18.8 Å². The molecule has 7 nitrogen and oxygen atoms in total. The molecule has 0 bridgehead atoms. The summed E-state index contributed by atoms with van der Waals surface area (Å²) in [5, 5.41) is 1.79. The van der Waals surface area contributed by atoms with Gasteiger partial charge in [-0.1, -0.05) is 6.92 Å². The van der Waals surface area contributed by atoms with E-state index in [-0.39, 0.29) is 30.5 Å². The molecule has 1 atom stereocenters. The van der Waals surface area contributed by atoms with Crippen molar-refractivity contribution in [3.05, 3.63) is 33.7 Å². The summed E-state index contributed by atoms with van der Waals surface area (Å²) >= 11 is 1.36. The molecule has 2 aromatic heterocycles. The van der Waals surface area contributed by atoms with Crippen LogP contribution in [0.15, 0.2) is 22.4 Å². The Morgan fingerprint density at radius 1 is 1.35 bits per heavy atom. The third-order valence-corrected chi connectivity index (χ3v) is 4.72. The van der Waals surface area contributed by atoms with Crippen LogP contribution in [0.25, 0.3) is 4.96 Å². The van der Waals surface area contributed by atoms with Gasteiger partial charge in [0.25, 0.3) is 5.56 Å². The van der Waals surface area contributed by atoms with Crippen molar-refractivity contribution in [2.45, 2.75) is 32.9 Å². The molecule has 122 valence electrons. The molecule has 8 heteroatoms. The van der Waals surface area contributed by atoms with Crippen molar-refractivity contribution < 1.29 is 9.59 Å². The van der Waals surface area contributed by atoms with Crippen LogP contribution in [0.4, 0.5) is 0 Å². The third-order valence-electron chi connectivity index (χ3n) is 3.97. The van der Waals surface area contributed by atoms with Gasteiger partial charge in [-0.3, -0.25) is 18.8 Å². The summed E-state index contributed by atoms with van der Waals surface area (Å²) < 4.78 is 1.46. The number of nitrogens with zero attached hydrogens (tertiary/aromatic N) is 4. The highest BCUT2D eigenvalue weighted by atomic mass is 32.1. The summed E-state index contributed by atoms with van der Waals surface area (Å²) in [5.74, 6) is -0.167. The fourth-order valence-electron chi connectivity index (χ4n) is 2.77. The Balaban J connectivity index is 1.85. The highest BCUT2D eigenvalue weighted by molar-refractivity contribution is 7.15. The van der Waals surface area contributed by atoms with E-state index < -0.39 is 6.04 Å². The van der Waals surface area contributed by atoms with Crippen molar-refractivity contribution in [3.63, 3.8) is 0 Å². The van der Waals surface area contributed by atoms with Gasteiger partial charge in [0.1, 0.15) is 6.04 Å². The molecule has 0 spiro atoms. The summed E-state index contributed by atoms with van der Waals surface area (Å²) in [7, 11) is 0. The zero-order valence-corrected chi connectivity index (χ0v) is 13.9. The van der Waals surface area contributed by atoms with Crippen LogP contribution in [-0.4, -0.2) is 50.1 Å². The van der Waals surface area contributed by atoms with Crippen LogP contribution >= 0.6 is 11.3 Å². The smallest absolute Gasteiger partial charge is 0.258 e. The van der Waals surface area contributed by atoms with E-state index in [2.05, 4.69) is 4.98 Å². The second kappa shape index (κ2) is 6.11. The van der Waals surface area contributed by atoms with Crippen molar-refractivity contribution in [3.8, 4) is 0 Å². The number of rotatable bonds is 4. The number of piperazine rings is 1. The van der Waals surface area contributed by atoms with Gasteiger partial charge in [-0.15, -0.1) is 11.3 Å². The predicted molar refractivity (Wildman–Crippen MR) is 86.2 cm³/mol. The highest BCUT2D eigenvalue weighted by Gasteiger charge is 2.36. The summed E-state index contributed by atoms with van der Waals surface area (Å²) in [4.78, 5) is 44.8. The Morgan fingerprint density at radius 3 is 2.87 bits per heavy atom. The summed E-state index contributed by atoms with van der Waals surface area (Å²) in [6.07, 6.45) is 2.49. The Labute approximate surface area is 137 Å². The molecule has 1 fully saturated rings. The van der Waals surface area contributed by atoms with Gasteiger partial charge >= 0.3 is 0 Å². The largest absolute Gasteiger partial charge is 0.332 e. The molecule has 3 heterocycles. The molecule has 0 saturated carbocycles. The lowest BCUT2D eigenvalue weighted by atomic mass is 10.1. The average Bonchev–Trinajstić information content (AvgIpc) is 2.98. The standard InChI is InChI=1S/C15H18N4O3S/c1-3-4-17-9-13(21)19(10(2)14(17)22)8-11-7-12(20)18-5-6-23-15(18)16-11/h5-7,10H,3-4,8-9H2,1-2H3/t10-/m1/s1. The molecule has 2 aromatic rings. The van der Waals surface area contributed by atoms with Crippen LogP contribution in [0.3, 0.4) is 0 Å². The molecule has 1 aliphatic rings. The minimum Gasteiger partial charge on any atom is -0.332 e. The second-order valence-electron chi connectivity index (χ2n) is 5.60. The minimum absolute atomic E-state index is 0.0552. The monoisotopic (exact) mass is 334 g/mol. The Hall–Kier alpha value is -2.22. The van der Waals surface area contributed by atoms with Gasteiger partial charge in [0.2, 0.25) is 11.8 Å². The van der Waals surface area contributed by atoms with E-state index in [4.69, 9.17) is 0 Å². The first-order chi connectivity index (χ1) is 11.0. The van der Waals surface area contributed by atoms with Gasteiger partial charge in [0, 0.05) is 24.2 Å². The van der Waals surface area contributed by atoms with Gasteiger partial charge in [-0.2, -0.15) is 0 Å². The second-order valence-corrected chi connectivity index (χ2v) is 6.47. The van der Waals surface area contributed by atoms with Crippen molar-refractivity contribution >= 4 is 28.1 Å². The van der Waals surface area contributed by atoms with Gasteiger partial charge < -0.3 is 9.80 Å². The van der Waals surface area contributed by atoms with E-state index in [1.165, 1.54) is 26.7 Å². The van der Waals surface area contributed by atoms with E-state index in [0.29, 0.717) is 17.2 Å². The first kappa shape index (κ1) is 15.7. The predicted octanol–water partition coefficient (Wildman–Crippen LogP) is 0.725. The summed E-state index contributed by atoms with van der Waals surface area (Å²) in [6, 6.07) is 0.884. The molecule has 1 aliphatic heterocycles. The molecule has 0 aromatic carbocycles. The van der Waals surface area contributed by atoms with Crippen LogP contribution in [0.5, 0.6) is 0 Å². The number of carbonyl (C=O) groups is 2. The van der Waals surface area contributed by atoms with E-state index in [9.17, 15) is 14.4 Å². The van der Waals surface area contributed by atoms with Crippen molar-refractivity contribution in [1.82, 2.24) is 19.2 Å². The quantitative estimate of drug-likeness (QED) is 0.826. The Morgan fingerprint density at radius 2 is 2.13 bits per heavy atom. The maximum Gasteiger partial charge on any atom is 0.258 e. The molecule has 0 radical (unpaired) electrons. The number of amides is 2. The average molecular weight is 334 g/mol. The highest BCUT2D eigenvalue weighted by Crippen LogP contribution is 2.16. The molecule has 0 aliphatic carbocycles. The van der Waals surface area contributed by atoms with Crippen LogP contribution in [-0.2, 0) is 16.1 Å². The normalized spacial score (nSPS) is 19.0. The molecule has 3 rings (SSSR count). The van der Waals surface area contributed by atoms with Crippen molar-refractivity contribution in [2.24, 2.45) is 0 Å². The fourth-order valence-corrected chi connectivity index (χ4v) is 3.51. The SMILES string of the molecule is CCCN1CC(=O)N(Cc2cc(=O)n3ccsc3n2)[C@H](C)C1=O. The van der Waals surface area contributed by atoms with Crippen molar-refractivity contribution in [1.29, 1.82) is 0 Å². The molecule has 1 saturated heterocycles. The number of hydrogen-bond acceptors (Lipinski definition) is 5. The lowest BCUT2D eigenvalue weighted by Crippen LogP contribution is -2.58. The molecule has 0 N–H and O–H groups in total. The summed E-state index contributed by atoms with van der Waals surface area (Å²) in [5.41, 5.74) is 0.330. The molecular weight excluding hydrogens is 316 g/mol. The number of carbonyl (C=O) groups excluding carboxylic acids is 2. The maximum atomic E-state index is 12.4. The molecular formula is C15H18N4O3S. The molecule has 23 heavy (non-hydrogen) atoms. The zero-order valence-electron chi connectivity index (χ0n) is 13.1.